The molecule has 0 aliphatic carbocycles. The van der Waals surface area contributed by atoms with Crippen LogP contribution in [0.15, 0.2) is 24.3 Å². The highest BCUT2D eigenvalue weighted by atomic mass is 35.5. The molecule has 2 rings (SSSR count). The van der Waals surface area contributed by atoms with Crippen LogP contribution in [0.5, 0.6) is 0 Å². The van der Waals surface area contributed by atoms with Gasteiger partial charge in [-0.2, -0.15) is 0 Å². The first-order valence-electron chi connectivity index (χ1n) is 7.06. The third-order valence-corrected chi connectivity index (χ3v) is 4.43. The molecule has 3 heteroatoms. The lowest BCUT2D eigenvalue weighted by molar-refractivity contribution is 0.0667. The molecule has 1 amide bonds. The summed E-state index contributed by atoms with van der Waals surface area (Å²) in [6.45, 7) is 6.32. The Kier molecular flexibility index (Phi) is 4.87. The highest BCUT2D eigenvalue weighted by molar-refractivity contribution is 6.17. The quantitative estimate of drug-likeness (QED) is 0.768. The number of alkyl halides is 1. The molecular weight excluding hydrogens is 258 g/mol. The molecule has 0 saturated carbocycles. The number of hydrogen-bond donors (Lipinski definition) is 0. The Labute approximate surface area is 120 Å². The summed E-state index contributed by atoms with van der Waals surface area (Å²) in [5, 5.41) is 0. The summed E-state index contributed by atoms with van der Waals surface area (Å²) in [5.41, 5.74) is 1.83. The molecule has 0 atom stereocenters. The molecule has 1 aromatic rings. The van der Waals surface area contributed by atoms with Crippen molar-refractivity contribution in [1.29, 1.82) is 0 Å². The van der Waals surface area contributed by atoms with Gasteiger partial charge in [0.1, 0.15) is 0 Å². The minimum absolute atomic E-state index is 0.156. The summed E-state index contributed by atoms with van der Waals surface area (Å²) in [5.74, 6) is 2.14. The number of piperidine rings is 1. The van der Waals surface area contributed by atoms with Gasteiger partial charge in [-0.15, -0.1) is 11.6 Å². The summed E-state index contributed by atoms with van der Waals surface area (Å²) in [7, 11) is 0. The third-order valence-electron chi connectivity index (χ3n) is 4.12. The number of hydrogen-bond acceptors (Lipinski definition) is 1. The molecule has 0 aromatic heterocycles. The predicted octanol–water partition coefficient (Wildman–Crippen LogP) is 3.93. The van der Waals surface area contributed by atoms with Gasteiger partial charge in [-0.3, -0.25) is 4.79 Å². The van der Waals surface area contributed by atoms with E-state index in [2.05, 4.69) is 13.8 Å². The van der Waals surface area contributed by atoms with Crippen molar-refractivity contribution in [3.05, 3.63) is 35.4 Å². The summed E-state index contributed by atoms with van der Waals surface area (Å²) >= 11 is 5.76. The minimum atomic E-state index is 0.156. The fourth-order valence-corrected chi connectivity index (χ4v) is 2.87. The Morgan fingerprint density at radius 1 is 1.26 bits per heavy atom. The average Bonchev–Trinajstić information content (AvgIpc) is 2.46. The van der Waals surface area contributed by atoms with Crippen molar-refractivity contribution in [2.45, 2.75) is 32.6 Å². The van der Waals surface area contributed by atoms with Gasteiger partial charge in [0, 0.05) is 24.5 Å². The van der Waals surface area contributed by atoms with Crippen LogP contribution >= 0.6 is 11.6 Å². The van der Waals surface area contributed by atoms with Gasteiger partial charge in [-0.25, -0.2) is 0 Å². The molecular formula is C16H22ClNO. The standard InChI is InChI=1S/C16H22ClNO/c1-12(2)14-7-9-18(10-8-14)16(19)15-5-3-13(11-17)4-6-15/h3-6,12,14H,7-11H2,1-2H3. The van der Waals surface area contributed by atoms with E-state index in [-0.39, 0.29) is 5.91 Å². The predicted molar refractivity (Wildman–Crippen MR) is 79.5 cm³/mol. The summed E-state index contributed by atoms with van der Waals surface area (Å²) in [6.07, 6.45) is 2.26. The first-order chi connectivity index (χ1) is 9.11. The minimum Gasteiger partial charge on any atom is -0.339 e. The first-order valence-corrected chi connectivity index (χ1v) is 7.59. The van der Waals surface area contributed by atoms with Gasteiger partial charge in [-0.05, 0) is 42.4 Å². The molecule has 1 aromatic carbocycles. The lowest BCUT2D eigenvalue weighted by Crippen LogP contribution is -2.39. The number of amides is 1. The molecule has 0 N–H and O–H groups in total. The molecule has 0 radical (unpaired) electrons. The van der Waals surface area contributed by atoms with Crippen LogP contribution in [0.3, 0.4) is 0 Å². The van der Waals surface area contributed by atoms with E-state index in [1.807, 2.05) is 29.2 Å². The highest BCUT2D eigenvalue weighted by Gasteiger charge is 2.24. The van der Waals surface area contributed by atoms with Crippen molar-refractivity contribution in [3.8, 4) is 0 Å². The van der Waals surface area contributed by atoms with Gasteiger partial charge in [0.2, 0.25) is 0 Å². The van der Waals surface area contributed by atoms with Gasteiger partial charge >= 0.3 is 0 Å². The van der Waals surface area contributed by atoms with Crippen LogP contribution in [0.1, 0.15) is 42.6 Å². The maximum atomic E-state index is 12.4. The maximum Gasteiger partial charge on any atom is 0.253 e. The zero-order valence-electron chi connectivity index (χ0n) is 11.7. The first kappa shape index (κ1) is 14.4. The molecule has 0 unspecified atom stereocenters. The number of benzene rings is 1. The van der Waals surface area contributed by atoms with Crippen molar-refractivity contribution in [1.82, 2.24) is 4.90 Å². The van der Waals surface area contributed by atoms with E-state index in [9.17, 15) is 4.79 Å². The zero-order valence-corrected chi connectivity index (χ0v) is 12.5. The highest BCUT2D eigenvalue weighted by Crippen LogP contribution is 2.25. The Morgan fingerprint density at radius 3 is 2.32 bits per heavy atom. The summed E-state index contributed by atoms with van der Waals surface area (Å²) in [4.78, 5) is 14.3. The van der Waals surface area contributed by atoms with Gasteiger partial charge in [0.25, 0.3) is 5.91 Å². The van der Waals surface area contributed by atoms with E-state index in [1.54, 1.807) is 0 Å². The third kappa shape index (κ3) is 3.50. The number of rotatable bonds is 3. The monoisotopic (exact) mass is 279 g/mol. The maximum absolute atomic E-state index is 12.4. The second-order valence-corrected chi connectivity index (χ2v) is 5.97. The number of nitrogens with zero attached hydrogens (tertiary/aromatic N) is 1. The summed E-state index contributed by atoms with van der Waals surface area (Å²) in [6, 6.07) is 7.63. The van der Waals surface area contributed by atoms with E-state index < -0.39 is 0 Å². The van der Waals surface area contributed by atoms with Crippen LogP contribution in [-0.4, -0.2) is 23.9 Å². The van der Waals surface area contributed by atoms with Crippen molar-refractivity contribution in [2.24, 2.45) is 11.8 Å². The second-order valence-electron chi connectivity index (χ2n) is 5.70. The Morgan fingerprint density at radius 2 is 1.84 bits per heavy atom. The fourth-order valence-electron chi connectivity index (χ4n) is 2.69. The molecule has 1 heterocycles. The van der Waals surface area contributed by atoms with Gasteiger partial charge < -0.3 is 4.90 Å². The van der Waals surface area contributed by atoms with Crippen LogP contribution < -0.4 is 0 Å². The molecule has 1 saturated heterocycles. The molecule has 0 spiro atoms. The number of carbonyl (C=O) groups excluding carboxylic acids is 1. The molecule has 19 heavy (non-hydrogen) atoms. The lowest BCUT2D eigenvalue weighted by Gasteiger charge is -2.34. The van der Waals surface area contributed by atoms with Crippen molar-refractivity contribution >= 4 is 17.5 Å². The van der Waals surface area contributed by atoms with Crippen LogP contribution in [0, 0.1) is 11.8 Å². The molecule has 1 aliphatic rings. The van der Waals surface area contributed by atoms with E-state index >= 15 is 0 Å². The Balaban J connectivity index is 1.97. The second kappa shape index (κ2) is 6.42. The number of halogens is 1. The van der Waals surface area contributed by atoms with Gasteiger partial charge in [0.15, 0.2) is 0 Å². The molecule has 1 fully saturated rings. The van der Waals surface area contributed by atoms with Crippen LogP contribution in [0.25, 0.3) is 0 Å². The van der Waals surface area contributed by atoms with Crippen molar-refractivity contribution < 1.29 is 4.79 Å². The van der Waals surface area contributed by atoms with Gasteiger partial charge in [-0.1, -0.05) is 26.0 Å². The largest absolute Gasteiger partial charge is 0.339 e. The Hall–Kier alpha value is -1.02. The number of likely N-dealkylation sites (tertiary alicyclic amines) is 1. The van der Waals surface area contributed by atoms with Gasteiger partial charge in [0.05, 0.1) is 0 Å². The van der Waals surface area contributed by atoms with Crippen molar-refractivity contribution in [2.75, 3.05) is 13.1 Å². The summed E-state index contributed by atoms with van der Waals surface area (Å²) < 4.78 is 0. The zero-order chi connectivity index (χ0) is 13.8. The Bertz CT molecular complexity index is 419. The lowest BCUT2D eigenvalue weighted by atomic mass is 9.86. The van der Waals surface area contributed by atoms with Crippen LogP contribution in [0.2, 0.25) is 0 Å². The molecule has 0 bridgehead atoms. The average molecular weight is 280 g/mol. The molecule has 104 valence electrons. The van der Waals surface area contributed by atoms with Crippen LogP contribution in [-0.2, 0) is 5.88 Å². The molecule has 2 nitrogen and oxygen atoms in total. The molecule has 1 aliphatic heterocycles. The smallest absolute Gasteiger partial charge is 0.253 e. The van der Waals surface area contributed by atoms with Crippen LogP contribution in [0.4, 0.5) is 0 Å². The van der Waals surface area contributed by atoms with E-state index in [1.165, 1.54) is 0 Å². The number of carbonyl (C=O) groups is 1. The van der Waals surface area contributed by atoms with E-state index in [4.69, 9.17) is 11.6 Å². The fraction of sp³-hybridized carbons (Fsp3) is 0.562. The SMILES string of the molecule is CC(C)C1CCN(C(=O)c2ccc(CCl)cc2)CC1. The topological polar surface area (TPSA) is 20.3 Å². The van der Waals surface area contributed by atoms with E-state index in [0.717, 1.165) is 48.9 Å². The normalized spacial score (nSPS) is 16.9. The van der Waals surface area contributed by atoms with E-state index in [0.29, 0.717) is 5.88 Å². The van der Waals surface area contributed by atoms with Crippen molar-refractivity contribution in [3.63, 3.8) is 0 Å².